The molecule has 0 aromatic rings. The number of rotatable bonds is 3. The lowest BCUT2D eigenvalue weighted by Crippen LogP contribution is -2.47. The number of carbonyl (C=O) groups is 1. The Kier molecular flexibility index (Phi) is 4.14. The monoisotopic (exact) mass is 213 g/mol. The Hall–Kier alpha value is -0.570. The van der Waals surface area contributed by atoms with E-state index in [9.17, 15) is 4.79 Å². The third-order valence-corrected chi connectivity index (χ3v) is 3.60. The van der Waals surface area contributed by atoms with Gasteiger partial charge in [-0.3, -0.25) is 4.79 Å². The Morgan fingerprint density at radius 2 is 2.13 bits per heavy atom. The van der Waals surface area contributed by atoms with Crippen molar-refractivity contribution in [2.24, 2.45) is 17.6 Å². The fourth-order valence-electron chi connectivity index (χ4n) is 2.40. The van der Waals surface area contributed by atoms with E-state index >= 15 is 0 Å². The second-order valence-electron chi connectivity index (χ2n) is 5.04. The van der Waals surface area contributed by atoms with E-state index in [2.05, 4.69) is 13.8 Å². The molecule has 0 aromatic carbocycles. The van der Waals surface area contributed by atoms with Gasteiger partial charge in [-0.1, -0.05) is 13.8 Å². The van der Waals surface area contributed by atoms with E-state index in [0.29, 0.717) is 18.9 Å². The first-order chi connectivity index (χ1) is 6.97. The molecule has 2 N–H and O–H groups in total. The largest absolute Gasteiger partial charge is 0.466 e. The molecule has 0 aliphatic heterocycles. The summed E-state index contributed by atoms with van der Waals surface area (Å²) in [5.74, 6) is 1.18. The molecule has 1 aliphatic carbocycles. The number of hydrogen-bond donors (Lipinski definition) is 1. The minimum Gasteiger partial charge on any atom is -0.466 e. The molecule has 1 aliphatic rings. The third-order valence-electron chi connectivity index (χ3n) is 3.60. The molecule has 0 amide bonds. The van der Waals surface area contributed by atoms with Crippen LogP contribution in [0.15, 0.2) is 0 Å². The van der Waals surface area contributed by atoms with Gasteiger partial charge in [0, 0.05) is 5.54 Å². The van der Waals surface area contributed by atoms with Crippen LogP contribution in [-0.4, -0.2) is 18.1 Å². The van der Waals surface area contributed by atoms with Crippen LogP contribution in [0.2, 0.25) is 0 Å². The van der Waals surface area contributed by atoms with E-state index in [1.165, 1.54) is 0 Å². The summed E-state index contributed by atoms with van der Waals surface area (Å²) < 4.78 is 4.95. The second kappa shape index (κ2) is 4.97. The molecule has 1 fully saturated rings. The summed E-state index contributed by atoms with van der Waals surface area (Å²) >= 11 is 0. The molecule has 0 spiro atoms. The molecule has 0 radical (unpaired) electrons. The van der Waals surface area contributed by atoms with Crippen molar-refractivity contribution in [1.29, 1.82) is 0 Å². The maximum Gasteiger partial charge on any atom is 0.307 e. The van der Waals surface area contributed by atoms with Gasteiger partial charge in [0.05, 0.1) is 13.0 Å². The lowest BCUT2D eigenvalue weighted by atomic mass is 9.70. The molecule has 0 heterocycles. The number of ether oxygens (including phenoxy) is 1. The van der Waals surface area contributed by atoms with Crippen LogP contribution < -0.4 is 5.73 Å². The minimum absolute atomic E-state index is 0.151. The van der Waals surface area contributed by atoms with Crippen molar-refractivity contribution in [2.45, 2.75) is 52.0 Å². The predicted octanol–water partition coefficient (Wildman–Crippen LogP) is 2.09. The van der Waals surface area contributed by atoms with E-state index < -0.39 is 0 Å². The van der Waals surface area contributed by atoms with Crippen molar-refractivity contribution in [3.8, 4) is 0 Å². The van der Waals surface area contributed by atoms with Gasteiger partial charge in [0.2, 0.25) is 0 Å². The summed E-state index contributed by atoms with van der Waals surface area (Å²) in [7, 11) is 0. The molecule has 15 heavy (non-hydrogen) atoms. The zero-order valence-electron chi connectivity index (χ0n) is 10.1. The highest BCUT2D eigenvalue weighted by molar-refractivity contribution is 5.70. The normalized spacial score (nSPS) is 36.3. The number of nitrogens with two attached hydrogens (primary N) is 1. The van der Waals surface area contributed by atoms with Crippen molar-refractivity contribution in [3.63, 3.8) is 0 Å². The van der Waals surface area contributed by atoms with Crippen molar-refractivity contribution in [1.82, 2.24) is 0 Å². The van der Waals surface area contributed by atoms with Crippen LogP contribution in [0.5, 0.6) is 0 Å². The third kappa shape index (κ3) is 3.49. The van der Waals surface area contributed by atoms with Crippen LogP contribution >= 0.6 is 0 Å². The highest BCUT2D eigenvalue weighted by Crippen LogP contribution is 2.36. The fraction of sp³-hybridized carbons (Fsp3) is 0.917. The van der Waals surface area contributed by atoms with E-state index in [0.717, 1.165) is 25.2 Å². The Labute approximate surface area is 92.4 Å². The standard InChI is InChI=1S/C12H23NO2/c1-4-15-11(14)8-12(13)6-5-9(2)10(3)7-12/h9-10H,4-8,13H2,1-3H3. The lowest BCUT2D eigenvalue weighted by molar-refractivity contribution is -0.145. The summed E-state index contributed by atoms with van der Waals surface area (Å²) in [6.45, 7) is 6.75. The predicted molar refractivity (Wildman–Crippen MR) is 60.3 cm³/mol. The summed E-state index contributed by atoms with van der Waals surface area (Å²) in [4.78, 5) is 11.4. The first kappa shape index (κ1) is 12.5. The molecule has 0 bridgehead atoms. The first-order valence-electron chi connectivity index (χ1n) is 5.91. The maximum absolute atomic E-state index is 11.4. The van der Waals surface area contributed by atoms with Gasteiger partial charge in [0.25, 0.3) is 0 Å². The summed E-state index contributed by atoms with van der Waals surface area (Å²) in [6, 6.07) is 0. The van der Waals surface area contributed by atoms with E-state index in [1.807, 2.05) is 6.92 Å². The van der Waals surface area contributed by atoms with Gasteiger partial charge < -0.3 is 10.5 Å². The van der Waals surface area contributed by atoms with Crippen molar-refractivity contribution in [2.75, 3.05) is 6.61 Å². The molecule has 1 saturated carbocycles. The van der Waals surface area contributed by atoms with Gasteiger partial charge in [-0.05, 0) is 38.0 Å². The highest BCUT2D eigenvalue weighted by atomic mass is 16.5. The molecule has 3 unspecified atom stereocenters. The average Bonchev–Trinajstić information content (AvgIpc) is 2.12. The number of carbonyl (C=O) groups excluding carboxylic acids is 1. The molecular weight excluding hydrogens is 190 g/mol. The molecule has 3 nitrogen and oxygen atoms in total. The Morgan fingerprint density at radius 3 is 2.67 bits per heavy atom. The first-order valence-corrected chi connectivity index (χ1v) is 5.91. The average molecular weight is 213 g/mol. The smallest absolute Gasteiger partial charge is 0.307 e. The molecular formula is C12H23NO2. The van der Waals surface area contributed by atoms with Gasteiger partial charge in [-0.25, -0.2) is 0 Å². The van der Waals surface area contributed by atoms with Gasteiger partial charge in [-0.2, -0.15) is 0 Å². The maximum atomic E-state index is 11.4. The van der Waals surface area contributed by atoms with Crippen LogP contribution in [-0.2, 0) is 9.53 Å². The van der Waals surface area contributed by atoms with Crippen LogP contribution in [0.4, 0.5) is 0 Å². The van der Waals surface area contributed by atoms with E-state index in [4.69, 9.17) is 10.5 Å². The number of hydrogen-bond acceptors (Lipinski definition) is 3. The molecule has 3 heteroatoms. The van der Waals surface area contributed by atoms with E-state index in [-0.39, 0.29) is 11.5 Å². The van der Waals surface area contributed by atoms with Gasteiger partial charge in [-0.15, -0.1) is 0 Å². The molecule has 0 saturated heterocycles. The zero-order valence-corrected chi connectivity index (χ0v) is 10.1. The van der Waals surface area contributed by atoms with Gasteiger partial charge >= 0.3 is 5.97 Å². The minimum atomic E-state index is -0.321. The summed E-state index contributed by atoms with van der Waals surface area (Å²) in [5, 5.41) is 0. The van der Waals surface area contributed by atoms with Crippen LogP contribution in [0.25, 0.3) is 0 Å². The van der Waals surface area contributed by atoms with Gasteiger partial charge in [0.1, 0.15) is 0 Å². The molecule has 88 valence electrons. The Balaban J connectivity index is 2.49. The van der Waals surface area contributed by atoms with Crippen molar-refractivity contribution >= 4 is 5.97 Å². The van der Waals surface area contributed by atoms with Crippen LogP contribution in [0, 0.1) is 11.8 Å². The van der Waals surface area contributed by atoms with E-state index in [1.54, 1.807) is 0 Å². The lowest BCUT2D eigenvalue weighted by Gasteiger charge is -2.39. The van der Waals surface area contributed by atoms with Crippen molar-refractivity contribution in [3.05, 3.63) is 0 Å². The topological polar surface area (TPSA) is 52.3 Å². The Morgan fingerprint density at radius 1 is 1.47 bits per heavy atom. The highest BCUT2D eigenvalue weighted by Gasteiger charge is 2.36. The van der Waals surface area contributed by atoms with Crippen molar-refractivity contribution < 1.29 is 9.53 Å². The summed E-state index contributed by atoms with van der Waals surface area (Å²) in [6.07, 6.45) is 3.37. The number of esters is 1. The van der Waals surface area contributed by atoms with Gasteiger partial charge in [0.15, 0.2) is 0 Å². The van der Waals surface area contributed by atoms with Crippen LogP contribution in [0.3, 0.4) is 0 Å². The fourth-order valence-corrected chi connectivity index (χ4v) is 2.40. The molecule has 0 aromatic heterocycles. The molecule has 3 atom stereocenters. The SMILES string of the molecule is CCOC(=O)CC1(N)CCC(C)C(C)C1. The molecule has 1 rings (SSSR count). The summed E-state index contributed by atoms with van der Waals surface area (Å²) in [5.41, 5.74) is 5.92. The van der Waals surface area contributed by atoms with Crippen LogP contribution in [0.1, 0.15) is 46.5 Å². The quantitative estimate of drug-likeness (QED) is 0.730. The Bertz CT molecular complexity index is 230. The second-order valence-corrected chi connectivity index (χ2v) is 5.04. The zero-order chi connectivity index (χ0) is 11.5.